The Morgan fingerprint density at radius 2 is 1.88 bits per heavy atom. The molecule has 4 nitrogen and oxygen atoms in total. The molecule has 2 unspecified atom stereocenters. The van der Waals surface area contributed by atoms with Crippen molar-refractivity contribution in [2.24, 2.45) is 0 Å². The van der Waals surface area contributed by atoms with E-state index in [-0.39, 0.29) is 24.0 Å². The number of ether oxygens (including phenoxy) is 1. The van der Waals surface area contributed by atoms with Crippen molar-refractivity contribution in [2.75, 3.05) is 0 Å². The van der Waals surface area contributed by atoms with Crippen molar-refractivity contribution in [1.82, 2.24) is 4.90 Å². The minimum Gasteiger partial charge on any atom is -0.444 e. The van der Waals surface area contributed by atoms with Crippen LogP contribution in [0.5, 0.6) is 0 Å². The molecule has 1 aromatic carbocycles. The predicted molar refractivity (Wildman–Crippen MR) is 93.8 cm³/mol. The number of hydrogen-bond donors (Lipinski definition) is 1. The normalized spacial score (nSPS) is 29.4. The third-order valence-corrected chi connectivity index (χ3v) is 5.30. The molecule has 138 valence electrons. The molecule has 2 heterocycles. The van der Waals surface area contributed by atoms with Crippen LogP contribution in [0.15, 0.2) is 18.2 Å². The molecule has 0 radical (unpaired) electrons. The van der Waals surface area contributed by atoms with Gasteiger partial charge in [-0.05, 0) is 70.2 Å². The van der Waals surface area contributed by atoms with E-state index in [4.69, 9.17) is 4.74 Å². The lowest BCUT2D eigenvalue weighted by Gasteiger charge is -2.52. The topological polar surface area (TPSA) is 49.8 Å². The van der Waals surface area contributed by atoms with Gasteiger partial charge in [-0.1, -0.05) is 6.07 Å². The van der Waals surface area contributed by atoms with Gasteiger partial charge in [-0.15, -0.1) is 0 Å². The molecule has 2 fully saturated rings. The van der Waals surface area contributed by atoms with Crippen LogP contribution in [0.2, 0.25) is 0 Å². The maximum atomic E-state index is 13.4. The summed E-state index contributed by atoms with van der Waals surface area (Å²) in [6.45, 7) is 7.42. The number of carbonyl (C=O) groups is 1. The summed E-state index contributed by atoms with van der Waals surface area (Å²) in [5, 5.41) is 11.4. The Hall–Kier alpha value is -1.62. The molecule has 5 heteroatoms. The predicted octanol–water partition coefficient (Wildman–Crippen LogP) is 4.27. The van der Waals surface area contributed by atoms with E-state index in [2.05, 4.69) is 0 Å². The van der Waals surface area contributed by atoms with E-state index < -0.39 is 11.2 Å². The molecular weight excluding hydrogens is 321 g/mol. The van der Waals surface area contributed by atoms with E-state index in [0.717, 1.165) is 30.4 Å². The van der Waals surface area contributed by atoms with Gasteiger partial charge in [-0.25, -0.2) is 9.18 Å². The lowest BCUT2D eigenvalue weighted by atomic mass is 9.72. The fourth-order valence-corrected chi connectivity index (χ4v) is 4.41. The molecule has 3 rings (SSSR count). The minimum atomic E-state index is -1.02. The van der Waals surface area contributed by atoms with E-state index in [1.807, 2.05) is 32.6 Å². The highest BCUT2D eigenvalue weighted by Gasteiger charge is 2.49. The van der Waals surface area contributed by atoms with E-state index >= 15 is 0 Å². The second kappa shape index (κ2) is 6.27. The first-order valence-corrected chi connectivity index (χ1v) is 9.09. The molecule has 0 aliphatic carbocycles. The number of carbonyl (C=O) groups excluding carboxylic acids is 1. The summed E-state index contributed by atoms with van der Waals surface area (Å²) in [5.74, 6) is -0.295. The molecule has 2 aliphatic rings. The van der Waals surface area contributed by atoms with Gasteiger partial charge in [0.05, 0.1) is 5.60 Å². The Bertz CT molecular complexity index is 653. The van der Waals surface area contributed by atoms with Gasteiger partial charge in [0, 0.05) is 24.9 Å². The summed E-state index contributed by atoms with van der Waals surface area (Å²) in [4.78, 5) is 14.5. The van der Waals surface area contributed by atoms with Crippen LogP contribution < -0.4 is 0 Å². The number of amides is 1. The summed E-state index contributed by atoms with van der Waals surface area (Å²) >= 11 is 0. The fourth-order valence-electron chi connectivity index (χ4n) is 4.41. The Balaban J connectivity index is 1.87. The van der Waals surface area contributed by atoms with Crippen molar-refractivity contribution in [3.05, 3.63) is 35.1 Å². The van der Waals surface area contributed by atoms with Crippen molar-refractivity contribution in [3.8, 4) is 0 Å². The van der Waals surface area contributed by atoms with Crippen molar-refractivity contribution in [1.29, 1.82) is 0 Å². The maximum Gasteiger partial charge on any atom is 0.410 e. The van der Waals surface area contributed by atoms with Crippen LogP contribution >= 0.6 is 0 Å². The third-order valence-electron chi connectivity index (χ3n) is 5.30. The van der Waals surface area contributed by atoms with Crippen LogP contribution in [0.25, 0.3) is 0 Å². The van der Waals surface area contributed by atoms with E-state index in [0.29, 0.717) is 12.8 Å². The van der Waals surface area contributed by atoms with Gasteiger partial charge >= 0.3 is 6.09 Å². The van der Waals surface area contributed by atoms with Gasteiger partial charge in [0.15, 0.2) is 0 Å². The zero-order valence-corrected chi connectivity index (χ0v) is 15.5. The zero-order chi connectivity index (χ0) is 18.4. The highest BCUT2D eigenvalue weighted by Crippen LogP contribution is 2.45. The second-order valence-corrected chi connectivity index (χ2v) is 8.53. The van der Waals surface area contributed by atoms with Crippen LogP contribution in [-0.2, 0) is 10.3 Å². The first kappa shape index (κ1) is 18.2. The molecule has 0 saturated carbocycles. The van der Waals surface area contributed by atoms with E-state index in [9.17, 15) is 14.3 Å². The Morgan fingerprint density at radius 3 is 2.40 bits per heavy atom. The Labute approximate surface area is 149 Å². The number of hydrogen-bond acceptors (Lipinski definition) is 3. The first-order valence-electron chi connectivity index (χ1n) is 9.09. The summed E-state index contributed by atoms with van der Waals surface area (Å²) in [6, 6.07) is 4.46. The molecule has 2 atom stereocenters. The van der Waals surface area contributed by atoms with Crippen LogP contribution in [0.3, 0.4) is 0 Å². The van der Waals surface area contributed by atoms with E-state index in [1.165, 1.54) is 12.1 Å². The van der Waals surface area contributed by atoms with Gasteiger partial charge in [0.2, 0.25) is 0 Å². The van der Waals surface area contributed by atoms with Crippen molar-refractivity contribution in [3.63, 3.8) is 0 Å². The summed E-state index contributed by atoms with van der Waals surface area (Å²) in [7, 11) is 0. The average Bonchev–Trinajstić information content (AvgIpc) is 2.43. The number of nitrogens with zero attached hydrogens (tertiary/aromatic N) is 1. The molecular formula is C20H28FNO3. The summed E-state index contributed by atoms with van der Waals surface area (Å²) < 4.78 is 19.0. The molecule has 25 heavy (non-hydrogen) atoms. The summed E-state index contributed by atoms with van der Waals surface area (Å²) in [5.41, 5.74) is -0.0282. The largest absolute Gasteiger partial charge is 0.444 e. The van der Waals surface area contributed by atoms with Crippen LogP contribution in [-0.4, -0.2) is 33.8 Å². The number of aliphatic hydroxyl groups is 1. The maximum absolute atomic E-state index is 13.4. The quantitative estimate of drug-likeness (QED) is 0.823. The number of aryl methyl sites for hydroxylation is 1. The molecule has 2 aliphatic heterocycles. The second-order valence-electron chi connectivity index (χ2n) is 8.53. The lowest BCUT2D eigenvalue weighted by Crippen LogP contribution is -2.59. The highest BCUT2D eigenvalue weighted by atomic mass is 19.1. The average molecular weight is 349 g/mol. The number of fused-ring (bicyclic) bond motifs is 2. The molecule has 1 amide bonds. The molecule has 2 saturated heterocycles. The van der Waals surface area contributed by atoms with Gasteiger partial charge in [0.1, 0.15) is 11.4 Å². The third kappa shape index (κ3) is 3.66. The summed E-state index contributed by atoms with van der Waals surface area (Å²) in [6.07, 6.45) is 3.41. The van der Waals surface area contributed by atoms with E-state index in [1.54, 1.807) is 6.07 Å². The smallest absolute Gasteiger partial charge is 0.410 e. The fraction of sp³-hybridized carbons (Fsp3) is 0.650. The van der Waals surface area contributed by atoms with Crippen molar-refractivity contribution < 1.29 is 19.0 Å². The highest BCUT2D eigenvalue weighted by molar-refractivity contribution is 5.69. The van der Waals surface area contributed by atoms with Crippen LogP contribution in [0.1, 0.15) is 64.0 Å². The number of rotatable bonds is 1. The molecule has 2 bridgehead atoms. The van der Waals surface area contributed by atoms with Gasteiger partial charge in [-0.2, -0.15) is 0 Å². The first-order chi connectivity index (χ1) is 11.6. The number of piperidine rings is 2. The Morgan fingerprint density at radius 1 is 1.28 bits per heavy atom. The SMILES string of the molecule is Cc1cc(F)ccc1C1(O)CC2CCCC(C1)N2C(=O)OC(C)(C)C. The van der Waals surface area contributed by atoms with Crippen LogP contribution in [0, 0.1) is 12.7 Å². The molecule has 1 N–H and O–H groups in total. The molecule has 0 aromatic heterocycles. The lowest BCUT2D eigenvalue weighted by molar-refractivity contribution is -0.0967. The molecule has 1 aromatic rings. The van der Waals surface area contributed by atoms with Gasteiger partial charge in [-0.3, -0.25) is 0 Å². The van der Waals surface area contributed by atoms with Crippen molar-refractivity contribution in [2.45, 2.75) is 83.1 Å². The van der Waals surface area contributed by atoms with Gasteiger partial charge in [0.25, 0.3) is 0 Å². The van der Waals surface area contributed by atoms with Gasteiger partial charge < -0.3 is 14.7 Å². The number of benzene rings is 1. The number of halogens is 1. The molecule has 0 spiro atoms. The van der Waals surface area contributed by atoms with Crippen molar-refractivity contribution >= 4 is 6.09 Å². The minimum absolute atomic E-state index is 0.0446. The zero-order valence-electron chi connectivity index (χ0n) is 15.5. The monoisotopic (exact) mass is 349 g/mol. The van der Waals surface area contributed by atoms with Crippen LogP contribution in [0.4, 0.5) is 9.18 Å². The Kier molecular flexibility index (Phi) is 4.56. The standard InChI is InChI=1S/C20H28FNO3/c1-13-10-14(21)8-9-17(13)20(24)11-15-6-5-7-16(12-20)22(15)18(23)25-19(2,3)4/h8-10,15-16,24H,5-7,11-12H2,1-4H3.